The highest BCUT2D eigenvalue weighted by Crippen LogP contribution is 2.39. The van der Waals surface area contributed by atoms with Crippen molar-refractivity contribution in [2.45, 2.75) is 25.8 Å². The van der Waals surface area contributed by atoms with Gasteiger partial charge in [0.2, 0.25) is 5.91 Å². The fourth-order valence-electron chi connectivity index (χ4n) is 3.87. The van der Waals surface area contributed by atoms with Gasteiger partial charge in [-0.2, -0.15) is 0 Å². The number of anilines is 1. The highest BCUT2D eigenvalue weighted by molar-refractivity contribution is 6.16. The van der Waals surface area contributed by atoms with E-state index in [1.165, 1.54) is 11.9 Å². The van der Waals surface area contributed by atoms with Gasteiger partial charge in [0, 0.05) is 30.1 Å². The topological polar surface area (TPSA) is 53.5 Å². The van der Waals surface area contributed by atoms with Gasteiger partial charge in [-0.05, 0) is 55.8 Å². The number of nitrogens with zero attached hydrogens (tertiary/aromatic N) is 3. The van der Waals surface area contributed by atoms with Crippen molar-refractivity contribution in [3.63, 3.8) is 0 Å². The molecular formula is C26H21F2N3O2. The highest BCUT2D eigenvalue weighted by atomic mass is 19.1. The molecule has 3 amide bonds. The Hall–Kier alpha value is -4.05. The summed E-state index contributed by atoms with van der Waals surface area (Å²) in [6.07, 6.45) is 1.45. The molecule has 0 saturated carbocycles. The molecule has 1 aromatic heterocycles. The molecule has 1 unspecified atom stereocenters. The number of carbonyl (C=O) groups excluding carboxylic acids is 2. The number of hydrogen-bond donors (Lipinski definition) is 0. The van der Waals surface area contributed by atoms with Crippen molar-refractivity contribution >= 4 is 17.6 Å². The second-order valence-electron chi connectivity index (χ2n) is 8.11. The molecule has 33 heavy (non-hydrogen) atoms. The first kappa shape index (κ1) is 22.2. The van der Waals surface area contributed by atoms with Gasteiger partial charge in [-0.15, -0.1) is 0 Å². The van der Waals surface area contributed by atoms with Gasteiger partial charge in [-0.3, -0.25) is 9.78 Å². The molecule has 1 fully saturated rings. The van der Waals surface area contributed by atoms with Crippen molar-refractivity contribution < 1.29 is 18.4 Å². The molecule has 0 aliphatic carbocycles. The van der Waals surface area contributed by atoms with Crippen LogP contribution in [0.2, 0.25) is 0 Å². The van der Waals surface area contributed by atoms with Gasteiger partial charge in [-0.1, -0.05) is 30.0 Å². The third-order valence-electron chi connectivity index (χ3n) is 5.85. The zero-order valence-electron chi connectivity index (χ0n) is 18.4. The lowest BCUT2D eigenvalue weighted by molar-refractivity contribution is -0.122. The minimum atomic E-state index is -1.04. The van der Waals surface area contributed by atoms with Gasteiger partial charge in [0.25, 0.3) is 0 Å². The van der Waals surface area contributed by atoms with Crippen LogP contribution >= 0.6 is 0 Å². The van der Waals surface area contributed by atoms with Crippen LogP contribution in [0.3, 0.4) is 0 Å². The number of urea groups is 1. The van der Waals surface area contributed by atoms with E-state index >= 15 is 0 Å². The van der Waals surface area contributed by atoms with Crippen molar-refractivity contribution in [1.29, 1.82) is 0 Å². The highest BCUT2D eigenvalue weighted by Gasteiger charge is 2.47. The number of aromatic nitrogens is 1. The normalized spacial score (nSPS) is 18.2. The maximum absolute atomic E-state index is 15.0. The molecule has 2 heterocycles. The number of amides is 3. The zero-order valence-corrected chi connectivity index (χ0v) is 18.4. The van der Waals surface area contributed by atoms with Crippen LogP contribution in [0.5, 0.6) is 0 Å². The number of imide groups is 1. The Kier molecular flexibility index (Phi) is 5.69. The largest absolute Gasteiger partial charge is 0.332 e. The molecule has 2 aromatic carbocycles. The minimum Gasteiger partial charge on any atom is -0.317 e. The number of carbonyl (C=O) groups is 2. The van der Waals surface area contributed by atoms with E-state index in [-0.39, 0.29) is 12.0 Å². The van der Waals surface area contributed by atoms with Gasteiger partial charge in [-0.25, -0.2) is 18.5 Å². The third-order valence-corrected chi connectivity index (χ3v) is 5.85. The van der Waals surface area contributed by atoms with E-state index in [2.05, 4.69) is 16.8 Å². The molecule has 1 aliphatic heterocycles. The molecule has 0 spiro atoms. The molecule has 1 aliphatic rings. The van der Waals surface area contributed by atoms with Gasteiger partial charge >= 0.3 is 6.03 Å². The average molecular weight is 445 g/mol. The van der Waals surface area contributed by atoms with Crippen LogP contribution in [0.15, 0.2) is 60.8 Å². The zero-order chi connectivity index (χ0) is 23.8. The molecular weight excluding hydrogens is 424 g/mol. The number of rotatable bonds is 2. The Bertz CT molecular complexity index is 1290. The van der Waals surface area contributed by atoms with Crippen molar-refractivity contribution in [2.24, 2.45) is 0 Å². The monoisotopic (exact) mass is 445 g/mol. The lowest BCUT2D eigenvalue weighted by Crippen LogP contribution is -2.60. The SMILES string of the molecule is Cc1cc(C2(C)CC(=O)N(c3c(F)cc(C#Cc4ccccc4)cc3F)C(=O)N2C)ccn1. The molecule has 7 heteroatoms. The summed E-state index contributed by atoms with van der Waals surface area (Å²) in [5, 5.41) is 0. The molecule has 0 bridgehead atoms. The minimum absolute atomic E-state index is 0.0972. The van der Waals surface area contributed by atoms with Crippen molar-refractivity contribution in [1.82, 2.24) is 9.88 Å². The van der Waals surface area contributed by atoms with Gasteiger partial charge < -0.3 is 4.90 Å². The molecule has 1 saturated heterocycles. The molecule has 0 N–H and O–H groups in total. The number of pyridine rings is 1. The number of hydrogen-bond acceptors (Lipinski definition) is 3. The van der Waals surface area contributed by atoms with Crippen molar-refractivity contribution in [3.05, 3.63) is 94.8 Å². The fourth-order valence-corrected chi connectivity index (χ4v) is 3.87. The van der Waals surface area contributed by atoms with Crippen LogP contribution in [0, 0.1) is 30.4 Å². The van der Waals surface area contributed by atoms with Crippen LogP contribution in [-0.4, -0.2) is 28.9 Å². The Balaban J connectivity index is 1.68. The quantitative estimate of drug-likeness (QED) is 0.534. The molecule has 3 aromatic rings. The van der Waals surface area contributed by atoms with Gasteiger partial charge in [0.05, 0.1) is 12.0 Å². The second kappa shape index (κ2) is 8.47. The first-order valence-corrected chi connectivity index (χ1v) is 10.3. The average Bonchev–Trinajstić information content (AvgIpc) is 2.78. The van der Waals surface area contributed by atoms with E-state index in [9.17, 15) is 18.4 Å². The lowest BCUT2D eigenvalue weighted by Gasteiger charge is -2.45. The predicted molar refractivity (Wildman–Crippen MR) is 120 cm³/mol. The maximum atomic E-state index is 15.0. The lowest BCUT2D eigenvalue weighted by atomic mass is 9.85. The van der Waals surface area contributed by atoms with E-state index < -0.39 is 34.8 Å². The second-order valence-corrected chi connectivity index (χ2v) is 8.11. The molecule has 0 radical (unpaired) electrons. The third kappa shape index (κ3) is 4.08. The first-order valence-electron chi connectivity index (χ1n) is 10.3. The summed E-state index contributed by atoms with van der Waals surface area (Å²) in [5.41, 5.74) is 0.554. The summed E-state index contributed by atoms with van der Waals surface area (Å²) in [7, 11) is 1.51. The smallest absolute Gasteiger partial charge is 0.317 e. The Morgan fingerprint density at radius 1 is 0.970 bits per heavy atom. The van der Waals surface area contributed by atoms with E-state index in [1.807, 2.05) is 6.07 Å². The van der Waals surface area contributed by atoms with E-state index in [0.29, 0.717) is 16.0 Å². The Morgan fingerprint density at radius 2 is 1.61 bits per heavy atom. The first-order chi connectivity index (χ1) is 15.7. The Labute approximate surface area is 190 Å². The van der Waals surface area contributed by atoms with E-state index in [0.717, 1.165) is 17.8 Å². The van der Waals surface area contributed by atoms with Crippen LogP contribution in [0.4, 0.5) is 19.3 Å². The summed E-state index contributed by atoms with van der Waals surface area (Å²) in [5.74, 6) is 2.77. The van der Waals surface area contributed by atoms with Crippen LogP contribution < -0.4 is 4.90 Å². The Morgan fingerprint density at radius 3 is 2.24 bits per heavy atom. The summed E-state index contributed by atoms with van der Waals surface area (Å²) >= 11 is 0. The molecule has 1 atom stereocenters. The number of aryl methyl sites for hydroxylation is 1. The van der Waals surface area contributed by atoms with Crippen molar-refractivity contribution in [3.8, 4) is 11.8 Å². The molecule has 166 valence electrons. The van der Waals surface area contributed by atoms with E-state index in [1.54, 1.807) is 56.4 Å². The number of benzene rings is 2. The van der Waals surface area contributed by atoms with Gasteiger partial charge in [0.1, 0.15) is 5.69 Å². The number of halogens is 2. The molecule has 5 nitrogen and oxygen atoms in total. The molecule has 4 rings (SSSR count). The van der Waals surface area contributed by atoms with Crippen molar-refractivity contribution in [2.75, 3.05) is 11.9 Å². The van der Waals surface area contributed by atoms with Crippen LogP contribution in [0.25, 0.3) is 0 Å². The van der Waals surface area contributed by atoms with Crippen LogP contribution in [0.1, 0.15) is 35.7 Å². The van der Waals surface area contributed by atoms with Gasteiger partial charge in [0.15, 0.2) is 11.6 Å². The summed E-state index contributed by atoms with van der Waals surface area (Å²) in [4.78, 5) is 32.2. The summed E-state index contributed by atoms with van der Waals surface area (Å²) < 4.78 is 30.0. The standard InChI is InChI=1S/C26H21F2N3O2/c1-17-13-20(11-12-29-17)26(2)16-23(32)31(25(33)30(26)3)24-21(27)14-19(15-22(24)28)10-9-18-7-5-4-6-8-18/h4-8,11-15H,16H2,1-3H3. The summed E-state index contributed by atoms with van der Waals surface area (Å²) in [6.45, 7) is 3.54. The predicted octanol–water partition coefficient (Wildman–Crippen LogP) is 4.77. The summed E-state index contributed by atoms with van der Waals surface area (Å²) in [6, 6.07) is 13.7. The van der Waals surface area contributed by atoms with E-state index in [4.69, 9.17) is 0 Å². The maximum Gasteiger partial charge on any atom is 0.332 e. The van der Waals surface area contributed by atoms with Crippen LogP contribution in [-0.2, 0) is 10.3 Å². The fraction of sp³-hybridized carbons (Fsp3) is 0.192.